The maximum Gasteiger partial charge on any atom is 0.0830 e. The summed E-state index contributed by atoms with van der Waals surface area (Å²) in [5.41, 5.74) is 5.60. The van der Waals surface area contributed by atoms with Crippen molar-refractivity contribution in [2.45, 2.75) is 33.3 Å². The van der Waals surface area contributed by atoms with Gasteiger partial charge in [0, 0.05) is 11.4 Å². The van der Waals surface area contributed by atoms with Crippen LogP contribution in [0.5, 0.6) is 0 Å². The summed E-state index contributed by atoms with van der Waals surface area (Å²) in [6.45, 7) is 6.13. The normalized spacial score (nSPS) is 12.5. The average molecular weight is 275 g/mol. The number of hydrogen-bond donors (Lipinski definition) is 1. The molecule has 0 spiro atoms. The van der Waals surface area contributed by atoms with Crippen molar-refractivity contribution in [3.63, 3.8) is 0 Å². The number of aliphatic hydroxyl groups excluding tert-OH is 1. The smallest absolute Gasteiger partial charge is 0.0830 e. The van der Waals surface area contributed by atoms with E-state index in [2.05, 4.69) is 26.0 Å². The van der Waals surface area contributed by atoms with Crippen LogP contribution in [0.3, 0.4) is 0 Å². The first kappa shape index (κ1) is 14.1. The third-order valence-corrected chi connectivity index (χ3v) is 4.03. The third-order valence-electron chi connectivity index (χ3n) is 3.61. The molecule has 0 aliphatic rings. The van der Waals surface area contributed by atoms with Gasteiger partial charge in [-0.05, 0) is 54.7 Å². The van der Waals surface area contributed by atoms with Crippen molar-refractivity contribution in [2.24, 2.45) is 0 Å². The van der Waals surface area contributed by atoms with Gasteiger partial charge in [0.2, 0.25) is 0 Å². The van der Waals surface area contributed by atoms with E-state index in [-0.39, 0.29) is 0 Å². The molecule has 1 unspecified atom stereocenters. The molecule has 1 atom stereocenters. The standard InChI is InChI=1S/C17H19ClO/c1-11-5-4-6-12(2)15(11)10-17(19)14-7-8-16(18)13(3)9-14/h4-9,17,19H,10H2,1-3H3. The summed E-state index contributed by atoms with van der Waals surface area (Å²) < 4.78 is 0. The Balaban J connectivity index is 2.25. The van der Waals surface area contributed by atoms with Gasteiger partial charge in [0.25, 0.3) is 0 Å². The minimum atomic E-state index is -0.490. The van der Waals surface area contributed by atoms with Gasteiger partial charge >= 0.3 is 0 Å². The van der Waals surface area contributed by atoms with Crippen LogP contribution in [0.1, 0.15) is 33.9 Å². The SMILES string of the molecule is Cc1cc(C(O)Cc2c(C)cccc2C)ccc1Cl. The predicted octanol–water partition coefficient (Wildman–Crippen LogP) is 4.54. The van der Waals surface area contributed by atoms with Gasteiger partial charge in [0.15, 0.2) is 0 Å². The highest BCUT2D eigenvalue weighted by Gasteiger charge is 2.12. The molecule has 0 amide bonds. The van der Waals surface area contributed by atoms with Crippen LogP contribution in [0.4, 0.5) is 0 Å². The van der Waals surface area contributed by atoms with Crippen molar-refractivity contribution in [2.75, 3.05) is 0 Å². The Kier molecular flexibility index (Phi) is 4.28. The van der Waals surface area contributed by atoms with E-state index in [1.807, 2.05) is 31.2 Å². The number of rotatable bonds is 3. The second-order valence-corrected chi connectivity index (χ2v) is 5.51. The molecule has 0 aliphatic carbocycles. The summed E-state index contributed by atoms with van der Waals surface area (Å²) in [5.74, 6) is 0. The number of hydrogen-bond acceptors (Lipinski definition) is 1. The third kappa shape index (κ3) is 3.17. The van der Waals surface area contributed by atoms with Gasteiger partial charge in [-0.1, -0.05) is 41.9 Å². The Hall–Kier alpha value is -1.31. The zero-order chi connectivity index (χ0) is 14.0. The van der Waals surface area contributed by atoms with Gasteiger partial charge in [0.05, 0.1) is 6.10 Å². The number of halogens is 1. The largest absolute Gasteiger partial charge is 0.388 e. The fourth-order valence-electron chi connectivity index (χ4n) is 2.36. The predicted molar refractivity (Wildman–Crippen MR) is 80.8 cm³/mol. The van der Waals surface area contributed by atoms with Crippen LogP contribution in [-0.4, -0.2) is 5.11 Å². The first-order valence-corrected chi connectivity index (χ1v) is 6.86. The molecule has 0 aliphatic heterocycles. The first-order chi connectivity index (χ1) is 8.99. The minimum Gasteiger partial charge on any atom is -0.388 e. The van der Waals surface area contributed by atoms with Crippen molar-refractivity contribution >= 4 is 11.6 Å². The highest BCUT2D eigenvalue weighted by Crippen LogP contribution is 2.25. The molecular formula is C17H19ClO. The van der Waals surface area contributed by atoms with Crippen molar-refractivity contribution in [3.05, 3.63) is 69.2 Å². The molecule has 100 valence electrons. The molecule has 0 heterocycles. The van der Waals surface area contributed by atoms with E-state index < -0.39 is 6.10 Å². The Morgan fingerprint density at radius 1 is 1.00 bits per heavy atom. The van der Waals surface area contributed by atoms with Crippen molar-refractivity contribution < 1.29 is 5.11 Å². The average Bonchev–Trinajstić information content (AvgIpc) is 2.37. The highest BCUT2D eigenvalue weighted by molar-refractivity contribution is 6.31. The summed E-state index contributed by atoms with van der Waals surface area (Å²) in [5, 5.41) is 11.1. The van der Waals surface area contributed by atoms with E-state index in [1.54, 1.807) is 0 Å². The van der Waals surface area contributed by atoms with Crippen LogP contribution < -0.4 is 0 Å². The lowest BCUT2D eigenvalue weighted by Gasteiger charge is -2.16. The van der Waals surface area contributed by atoms with Crippen molar-refractivity contribution in [3.8, 4) is 0 Å². The van der Waals surface area contributed by atoms with E-state index in [0.29, 0.717) is 6.42 Å². The Morgan fingerprint density at radius 3 is 2.21 bits per heavy atom. The van der Waals surface area contributed by atoms with E-state index in [0.717, 1.165) is 16.1 Å². The molecule has 0 fully saturated rings. The molecule has 1 N–H and O–H groups in total. The lowest BCUT2D eigenvalue weighted by molar-refractivity contribution is 0.178. The van der Waals surface area contributed by atoms with Crippen LogP contribution in [0.2, 0.25) is 5.02 Å². The Labute approximate surface area is 119 Å². The Bertz CT molecular complexity index is 570. The van der Waals surface area contributed by atoms with Crippen LogP contribution in [0.15, 0.2) is 36.4 Å². The highest BCUT2D eigenvalue weighted by atomic mass is 35.5. The topological polar surface area (TPSA) is 20.2 Å². The number of benzene rings is 2. The fraction of sp³-hybridized carbons (Fsp3) is 0.294. The van der Waals surface area contributed by atoms with Crippen LogP contribution in [0.25, 0.3) is 0 Å². The van der Waals surface area contributed by atoms with Gasteiger partial charge in [-0.15, -0.1) is 0 Å². The zero-order valence-corrected chi connectivity index (χ0v) is 12.3. The zero-order valence-electron chi connectivity index (χ0n) is 11.6. The summed E-state index contributed by atoms with van der Waals surface area (Å²) in [7, 11) is 0. The van der Waals surface area contributed by atoms with Gasteiger partial charge < -0.3 is 5.11 Å². The first-order valence-electron chi connectivity index (χ1n) is 6.48. The molecule has 2 aromatic rings. The minimum absolute atomic E-state index is 0.490. The summed E-state index contributed by atoms with van der Waals surface area (Å²) in [6, 6.07) is 11.9. The van der Waals surface area contributed by atoms with E-state index >= 15 is 0 Å². The fourth-order valence-corrected chi connectivity index (χ4v) is 2.47. The second-order valence-electron chi connectivity index (χ2n) is 5.10. The molecule has 0 bridgehead atoms. The maximum absolute atomic E-state index is 10.4. The van der Waals surface area contributed by atoms with Crippen LogP contribution in [0, 0.1) is 20.8 Å². The van der Waals surface area contributed by atoms with Crippen LogP contribution in [-0.2, 0) is 6.42 Å². The van der Waals surface area contributed by atoms with Gasteiger partial charge in [-0.2, -0.15) is 0 Å². The van der Waals surface area contributed by atoms with Crippen LogP contribution >= 0.6 is 11.6 Å². The molecule has 0 saturated heterocycles. The molecule has 2 aromatic carbocycles. The molecule has 19 heavy (non-hydrogen) atoms. The summed E-state index contributed by atoms with van der Waals surface area (Å²) in [6.07, 6.45) is 0.148. The molecular weight excluding hydrogens is 256 g/mol. The molecule has 0 saturated carbocycles. The monoisotopic (exact) mass is 274 g/mol. The number of aryl methyl sites for hydroxylation is 3. The van der Waals surface area contributed by atoms with E-state index in [4.69, 9.17) is 11.6 Å². The van der Waals surface area contributed by atoms with E-state index in [1.165, 1.54) is 16.7 Å². The molecule has 1 nitrogen and oxygen atoms in total. The summed E-state index contributed by atoms with van der Waals surface area (Å²) in [4.78, 5) is 0. The van der Waals surface area contributed by atoms with Crippen molar-refractivity contribution in [1.29, 1.82) is 0 Å². The maximum atomic E-state index is 10.4. The Morgan fingerprint density at radius 2 is 1.63 bits per heavy atom. The second kappa shape index (κ2) is 5.77. The lowest BCUT2D eigenvalue weighted by atomic mass is 9.94. The van der Waals surface area contributed by atoms with Gasteiger partial charge in [0.1, 0.15) is 0 Å². The lowest BCUT2D eigenvalue weighted by Crippen LogP contribution is -2.05. The molecule has 0 aromatic heterocycles. The van der Waals surface area contributed by atoms with Gasteiger partial charge in [-0.25, -0.2) is 0 Å². The molecule has 0 radical (unpaired) electrons. The van der Waals surface area contributed by atoms with Crippen molar-refractivity contribution in [1.82, 2.24) is 0 Å². The summed E-state index contributed by atoms with van der Waals surface area (Å²) >= 11 is 6.01. The van der Waals surface area contributed by atoms with Gasteiger partial charge in [-0.3, -0.25) is 0 Å². The quantitative estimate of drug-likeness (QED) is 0.871. The number of aliphatic hydroxyl groups is 1. The van der Waals surface area contributed by atoms with E-state index in [9.17, 15) is 5.11 Å². The molecule has 2 rings (SSSR count). The molecule has 2 heteroatoms.